The fraction of sp³-hybridized carbons (Fsp3) is 0. The Bertz CT molecular complexity index is 603. The zero-order valence-corrected chi connectivity index (χ0v) is 9.08. The molecule has 3 aromatic rings. The first-order valence-corrected chi connectivity index (χ1v) is 5.35. The van der Waals surface area contributed by atoms with E-state index in [9.17, 15) is 0 Å². The van der Waals surface area contributed by atoms with Crippen LogP contribution in [0.1, 0.15) is 0 Å². The lowest BCUT2D eigenvalue weighted by Crippen LogP contribution is -1.83. The van der Waals surface area contributed by atoms with Crippen molar-refractivity contribution >= 4 is 0 Å². The molecule has 2 aromatic heterocycles. The summed E-state index contributed by atoms with van der Waals surface area (Å²) >= 11 is 0. The molecule has 0 amide bonds. The molecule has 1 aromatic carbocycles. The van der Waals surface area contributed by atoms with Crippen molar-refractivity contribution < 1.29 is 4.52 Å². The third-order valence-electron chi connectivity index (χ3n) is 2.58. The number of pyridine rings is 1. The Morgan fingerprint density at radius 2 is 1.65 bits per heavy atom. The van der Waals surface area contributed by atoms with Gasteiger partial charge in [-0.2, -0.15) is 0 Å². The number of rotatable bonds is 2. The molecule has 0 N–H and O–H groups in total. The van der Waals surface area contributed by atoms with Crippen LogP contribution < -0.4 is 0 Å². The third-order valence-corrected chi connectivity index (χ3v) is 2.58. The second-order valence-corrected chi connectivity index (χ2v) is 3.71. The van der Waals surface area contributed by atoms with Crippen LogP contribution in [0.5, 0.6) is 0 Å². The predicted molar refractivity (Wildman–Crippen MR) is 65.2 cm³/mol. The van der Waals surface area contributed by atoms with Crippen LogP contribution >= 0.6 is 0 Å². The van der Waals surface area contributed by atoms with E-state index in [4.69, 9.17) is 4.52 Å². The molecule has 0 saturated heterocycles. The molecule has 0 fully saturated rings. The van der Waals surface area contributed by atoms with Crippen LogP contribution in [0, 0.1) is 0 Å². The molecule has 3 heteroatoms. The Kier molecular flexibility index (Phi) is 2.43. The molecule has 0 aliphatic rings. The topological polar surface area (TPSA) is 38.9 Å². The van der Waals surface area contributed by atoms with E-state index in [1.165, 1.54) is 0 Å². The fourth-order valence-corrected chi connectivity index (χ4v) is 1.73. The van der Waals surface area contributed by atoms with Gasteiger partial charge in [0, 0.05) is 29.6 Å². The normalized spacial score (nSPS) is 10.4. The van der Waals surface area contributed by atoms with Crippen molar-refractivity contribution in [3.05, 3.63) is 61.1 Å². The molecule has 0 aliphatic carbocycles. The Morgan fingerprint density at radius 1 is 0.824 bits per heavy atom. The second kappa shape index (κ2) is 4.22. The maximum Gasteiger partial charge on any atom is 0.124 e. The maximum atomic E-state index is 4.84. The van der Waals surface area contributed by atoms with Crippen LogP contribution in [0.25, 0.3) is 22.4 Å². The highest BCUT2D eigenvalue weighted by Crippen LogP contribution is 2.23. The summed E-state index contributed by atoms with van der Waals surface area (Å²) in [5, 5.41) is 3.91. The molecular weight excluding hydrogens is 212 g/mol. The van der Waals surface area contributed by atoms with Gasteiger partial charge in [0.2, 0.25) is 0 Å². The first-order chi connectivity index (χ1) is 8.43. The monoisotopic (exact) mass is 222 g/mol. The van der Waals surface area contributed by atoms with E-state index < -0.39 is 0 Å². The molecule has 0 unspecified atom stereocenters. The molecular formula is C14H10N2O. The molecule has 0 saturated carbocycles. The first-order valence-electron chi connectivity index (χ1n) is 5.35. The summed E-state index contributed by atoms with van der Waals surface area (Å²) in [6.45, 7) is 0. The summed E-state index contributed by atoms with van der Waals surface area (Å²) in [6.07, 6.45) is 5.19. The lowest BCUT2D eigenvalue weighted by Gasteiger charge is -2.02. The molecule has 2 heterocycles. The Labute approximate surface area is 98.7 Å². The van der Waals surface area contributed by atoms with Gasteiger partial charge in [0.1, 0.15) is 12.0 Å². The summed E-state index contributed by atoms with van der Waals surface area (Å²) in [4.78, 5) is 4.24. The number of hydrogen-bond acceptors (Lipinski definition) is 3. The van der Waals surface area contributed by atoms with E-state index in [1.807, 2.05) is 30.5 Å². The van der Waals surface area contributed by atoms with E-state index >= 15 is 0 Å². The fourth-order valence-electron chi connectivity index (χ4n) is 1.73. The van der Waals surface area contributed by atoms with E-state index in [-0.39, 0.29) is 0 Å². The highest BCUT2D eigenvalue weighted by atomic mass is 16.5. The maximum absolute atomic E-state index is 4.84. The lowest BCUT2D eigenvalue weighted by molar-refractivity contribution is 0.422. The van der Waals surface area contributed by atoms with Gasteiger partial charge in [0.05, 0.1) is 0 Å². The summed E-state index contributed by atoms with van der Waals surface area (Å²) in [7, 11) is 0. The van der Waals surface area contributed by atoms with Gasteiger partial charge in [-0.15, -0.1) is 0 Å². The van der Waals surface area contributed by atoms with E-state index in [0.29, 0.717) is 0 Å². The Hall–Kier alpha value is -2.42. The SMILES string of the molecule is c1ccc(-c2cncc(-c3ccon3)c2)cc1. The minimum Gasteiger partial charge on any atom is -0.364 e. The number of hydrogen-bond donors (Lipinski definition) is 0. The smallest absolute Gasteiger partial charge is 0.124 e. The van der Waals surface area contributed by atoms with Gasteiger partial charge in [-0.3, -0.25) is 4.98 Å². The number of benzene rings is 1. The quantitative estimate of drug-likeness (QED) is 0.667. The molecule has 0 spiro atoms. The van der Waals surface area contributed by atoms with Crippen LogP contribution in [-0.2, 0) is 0 Å². The van der Waals surface area contributed by atoms with Crippen molar-refractivity contribution in [2.24, 2.45) is 0 Å². The van der Waals surface area contributed by atoms with Gasteiger partial charge < -0.3 is 4.52 Å². The molecule has 0 bridgehead atoms. The molecule has 3 nitrogen and oxygen atoms in total. The van der Waals surface area contributed by atoms with Gasteiger partial charge >= 0.3 is 0 Å². The number of aromatic nitrogens is 2. The zero-order valence-electron chi connectivity index (χ0n) is 9.08. The van der Waals surface area contributed by atoms with Crippen molar-refractivity contribution in [2.45, 2.75) is 0 Å². The van der Waals surface area contributed by atoms with Crippen molar-refractivity contribution in [3.8, 4) is 22.4 Å². The minimum absolute atomic E-state index is 0.801. The average molecular weight is 222 g/mol. The van der Waals surface area contributed by atoms with Gasteiger partial charge in [-0.1, -0.05) is 35.5 Å². The molecule has 0 aliphatic heterocycles. The van der Waals surface area contributed by atoms with Crippen LogP contribution in [0.3, 0.4) is 0 Å². The first kappa shape index (κ1) is 9.78. The van der Waals surface area contributed by atoms with E-state index in [0.717, 1.165) is 22.4 Å². The summed E-state index contributed by atoms with van der Waals surface area (Å²) in [5.74, 6) is 0. The zero-order chi connectivity index (χ0) is 11.5. The predicted octanol–water partition coefficient (Wildman–Crippen LogP) is 3.40. The van der Waals surface area contributed by atoms with Gasteiger partial charge in [0.25, 0.3) is 0 Å². The molecule has 0 radical (unpaired) electrons. The Balaban J connectivity index is 2.06. The second-order valence-electron chi connectivity index (χ2n) is 3.71. The summed E-state index contributed by atoms with van der Waals surface area (Å²) in [6, 6.07) is 14.0. The lowest BCUT2D eigenvalue weighted by atomic mass is 10.1. The Morgan fingerprint density at radius 3 is 2.41 bits per heavy atom. The third kappa shape index (κ3) is 1.95. The molecule has 3 rings (SSSR count). The van der Waals surface area contributed by atoms with Crippen LogP contribution in [0.15, 0.2) is 65.6 Å². The minimum atomic E-state index is 0.801. The summed E-state index contributed by atoms with van der Waals surface area (Å²) in [5.41, 5.74) is 3.98. The average Bonchev–Trinajstić information content (AvgIpc) is 2.94. The largest absolute Gasteiger partial charge is 0.364 e. The molecule has 82 valence electrons. The van der Waals surface area contributed by atoms with E-state index in [2.05, 4.69) is 28.3 Å². The van der Waals surface area contributed by atoms with Crippen molar-refractivity contribution in [2.75, 3.05) is 0 Å². The number of nitrogens with zero attached hydrogens (tertiary/aromatic N) is 2. The highest BCUT2D eigenvalue weighted by Gasteiger charge is 2.04. The van der Waals surface area contributed by atoms with E-state index in [1.54, 1.807) is 12.5 Å². The highest BCUT2D eigenvalue weighted by molar-refractivity contribution is 5.69. The van der Waals surface area contributed by atoms with Crippen molar-refractivity contribution in [3.63, 3.8) is 0 Å². The van der Waals surface area contributed by atoms with Crippen molar-refractivity contribution in [1.82, 2.24) is 10.1 Å². The van der Waals surface area contributed by atoms with Crippen LogP contribution in [0.2, 0.25) is 0 Å². The van der Waals surface area contributed by atoms with Crippen LogP contribution in [0.4, 0.5) is 0 Å². The summed E-state index contributed by atoms with van der Waals surface area (Å²) < 4.78 is 4.84. The molecule has 0 atom stereocenters. The van der Waals surface area contributed by atoms with Crippen molar-refractivity contribution in [1.29, 1.82) is 0 Å². The van der Waals surface area contributed by atoms with Crippen LogP contribution in [-0.4, -0.2) is 10.1 Å². The van der Waals surface area contributed by atoms with Gasteiger partial charge in [-0.05, 0) is 11.6 Å². The standard InChI is InChI=1S/C14H10N2O/c1-2-4-11(5-3-1)12-8-13(10-15-9-12)14-6-7-17-16-14/h1-10H. The van der Waals surface area contributed by atoms with Gasteiger partial charge in [-0.25, -0.2) is 0 Å². The van der Waals surface area contributed by atoms with Gasteiger partial charge in [0.15, 0.2) is 0 Å². The molecule has 17 heavy (non-hydrogen) atoms.